The first-order valence-electron chi connectivity index (χ1n) is 3.65. The van der Waals surface area contributed by atoms with Gasteiger partial charge in [-0.3, -0.25) is 0 Å². The molecule has 0 aliphatic carbocycles. The molecule has 0 bridgehead atoms. The van der Waals surface area contributed by atoms with Crippen LogP contribution in [0.3, 0.4) is 0 Å². The van der Waals surface area contributed by atoms with Crippen LogP contribution in [0, 0.1) is 3.57 Å². The van der Waals surface area contributed by atoms with Crippen LogP contribution in [0.4, 0.5) is 0 Å². The Hall–Kier alpha value is 0.490. The zero-order chi connectivity index (χ0) is 9.42. The number of rotatable bonds is 1. The zero-order valence-corrected chi connectivity index (χ0v) is 11.0. The van der Waals surface area contributed by atoms with Crippen LogP contribution in [0.5, 0.6) is 0 Å². The zero-order valence-electron chi connectivity index (χ0n) is 6.48. The molecule has 0 aliphatic heterocycles. The summed E-state index contributed by atoms with van der Waals surface area (Å²) in [7, 11) is 0. The fourth-order valence-electron chi connectivity index (χ4n) is 1.16. The number of thiophene rings is 1. The SMILES string of the molecule is ClCc1cc2ccc(Cl)c(I)c2s1. The van der Waals surface area contributed by atoms with Gasteiger partial charge >= 0.3 is 0 Å². The van der Waals surface area contributed by atoms with Crippen LogP contribution in [0.15, 0.2) is 18.2 Å². The largest absolute Gasteiger partial charge is 0.138 e. The second-order valence-electron chi connectivity index (χ2n) is 2.63. The summed E-state index contributed by atoms with van der Waals surface area (Å²) in [6.45, 7) is 0. The third-order valence-corrected chi connectivity index (χ3v) is 5.50. The second kappa shape index (κ2) is 3.93. The highest BCUT2D eigenvalue weighted by atomic mass is 127. The molecule has 0 amide bonds. The van der Waals surface area contributed by atoms with Crippen molar-refractivity contribution in [3.05, 3.63) is 31.7 Å². The normalized spacial score (nSPS) is 11.0. The lowest BCUT2D eigenvalue weighted by atomic mass is 10.2. The maximum Gasteiger partial charge on any atom is 0.0568 e. The highest BCUT2D eigenvalue weighted by Crippen LogP contribution is 2.34. The van der Waals surface area contributed by atoms with E-state index >= 15 is 0 Å². The molecule has 2 aromatic rings. The first-order chi connectivity index (χ1) is 6.22. The Morgan fingerprint density at radius 1 is 1.38 bits per heavy atom. The van der Waals surface area contributed by atoms with E-state index in [4.69, 9.17) is 23.2 Å². The molecule has 0 fully saturated rings. The summed E-state index contributed by atoms with van der Waals surface area (Å²) in [5, 5.41) is 2.05. The molecular formula is C9H5Cl2IS. The van der Waals surface area contributed by atoms with Gasteiger partial charge in [0.05, 0.1) is 10.9 Å². The van der Waals surface area contributed by atoms with Crippen LogP contribution < -0.4 is 0 Å². The van der Waals surface area contributed by atoms with Crippen LogP contribution >= 0.6 is 57.1 Å². The Balaban J connectivity index is 2.76. The van der Waals surface area contributed by atoms with Gasteiger partial charge in [0.1, 0.15) is 0 Å². The Morgan fingerprint density at radius 2 is 2.15 bits per heavy atom. The number of fused-ring (bicyclic) bond motifs is 1. The lowest BCUT2D eigenvalue weighted by Crippen LogP contribution is -1.72. The molecule has 2 rings (SSSR count). The van der Waals surface area contributed by atoms with Crippen LogP contribution in [-0.4, -0.2) is 0 Å². The van der Waals surface area contributed by atoms with Crippen LogP contribution in [0.2, 0.25) is 5.02 Å². The van der Waals surface area contributed by atoms with Crippen LogP contribution in [0.25, 0.3) is 10.1 Å². The van der Waals surface area contributed by atoms with Crippen molar-refractivity contribution < 1.29 is 0 Å². The predicted molar refractivity (Wildman–Crippen MR) is 69.1 cm³/mol. The van der Waals surface area contributed by atoms with Crippen molar-refractivity contribution in [3.8, 4) is 0 Å². The Kier molecular flexibility index (Phi) is 3.03. The maximum absolute atomic E-state index is 6.01. The molecule has 0 radical (unpaired) electrons. The first-order valence-corrected chi connectivity index (χ1v) is 6.45. The molecular weight excluding hydrogens is 338 g/mol. The molecule has 0 N–H and O–H groups in total. The predicted octanol–water partition coefficient (Wildman–Crippen LogP) is 4.90. The van der Waals surface area contributed by atoms with E-state index in [0.29, 0.717) is 5.88 Å². The van der Waals surface area contributed by atoms with Gasteiger partial charge in [-0.1, -0.05) is 17.7 Å². The van der Waals surface area contributed by atoms with Crippen LogP contribution in [-0.2, 0) is 5.88 Å². The quantitative estimate of drug-likeness (QED) is 0.511. The smallest absolute Gasteiger partial charge is 0.0568 e. The van der Waals surface area contributed by atoms with E-state index in [2.05, 4.69) is 28.7 Å². The summed E-state index contributed by atoms with van der Waals surface area (Å²) in [5.74, 6) is 0.576. The molecule has 0 spiro atoms. The van der Waals surface area contributed by atoms with Crippen LogP contribution in [0.1, 0.15) is 4.88 Å². The summed E-state index contributed by atoms with van der Waals surface area (Å²) in [6.07, 6.45) is 0. The lowest BCUT2D eigenvalue weighted by molar-refractivity contribution is 1.54. The molecule has 0 nitrogen and oxygen atoms in total. The summed E-state index contributed by atoms with van der Waals surface area (Å²) in [5.41, 5.74) is 0. The van der Waals surface area contributed by atoms with Crippen molar-refractivity contribution in [1.82, 2.24) is 0 Å². The van der Waals surface area contributed by atoms with E-state index in [0.717, 1.165) is 8.59 Å². The average Bonchev–Trinajstić information content (AvgIpc) is 2.55. The molecule has 4 heteroatoms. The molecule has 0 atom stereocenters. The Labute approximate surface area is 104 Å². The highest BCUT2D eigenvalue weighted by molar-refractivity contribution is 14.1. The van der Waals surface area contributed by atoms with Gasteiger partial charge in [-0.05, 0) is 40.1 Å². The molecule has 0 aliphatic rings. The molecule has 13 heavy (non-hydrogen) atoms. The van der Waals surface area contributed by atoms with Gasteiger partial charge < -0.3 is 0 Å². The van der Waals surface area contributed by atoms with Gasteiger partial charge in [0.2, 0.25) is 0 Å². The molecule has 1 aromatic heterocycles. The fraction of sp³-hybridized carbons (Fsp3) is 0.111. The minimum atomic E-state index is 0.576. The third-order valence-electron chi connectivity index (χ3n) is 1.76. The van der Waals surface area contributed by atoms with Gasteiger partial charge in [0, 0.05) is 13.1 Å². The number of hydrogen-bond acceptors (Lipinski definition) is 1. The second-order valence-corrected chi connectivity index (χ2v) is 5.52. The van der Waals surface area contributed by atoms with Gasteiger partial charge in [0.15, 0.2) is 0 Å². The van der Waals surface area contributed by atoms with Crippen molar-refractivity contribution in [2.24, 2.45) is 0 Å². The van der Waals surface area contributed by atoms with E-state index in [1.807, 2.05) is 12.1 Å². The number of halogens is 3. The molecule has 1 heterocycles. The monoisotopic (exact) mass is 342 g/mol. The molecule has 0 saturated carbocycles. The molecule has 68 valence electrons. The molecule has 0 saturated heterocycles. The van der Waals surface area contributed by atoms with Crippen molar-refractivity contribution in [1.29, 1.82) is 0 Å². The number of benzene rings is 1. The summed E-state index contributed by atoms with van der Waals surface area (Å²) >= 11 is 15.8. The van der Waals surface area contributed by atoms with E-state index in [1.54, 1.807) is 11.3 Å². The Bertz CT molecular complexity index is 450. The minimum Gasteiger partial charge on any atom is -0.138 e. The van der Waals surface area contributed by atoms with Gasteiger partial charge in [-0.25, -0.2) is 0 Å². The third kappa shape index (κ3) is 1.82. The lowest BCUT2D eigenvalue weighted by Gasteiger charge is -1.95. The van der Waals surface area contributed by atoms with E-state index in [1.165, 1.54) is 15.0 Å². The van der Waals surface area contributed by atoms with Crippen molar-refractivity contribution in [2.45, 2.75) is 5.88 Å². The van der Waals surface area contributed by atoms with Crippen molar-refractivity contribution in [3.63, 3.8) is 0 Å². The van der Waals surface area contributed by atoms with Crippen molar-refractivity contribution >= 4 is 67.2 Å². The summed E-state index contributed by atoms with van der Waals surface area (Å²) < 4.78 is 2.36. The summed E-state index contributed by atoms with van der Waals surface area (Å²) in [4.78, 5) is 1.19. The first kappa shape index (κ1) is 10.0. The van der Waals surface area contributed by atoms with Gasteiger partial charge in [-0.15, -0.1) is 22.9 Å². The summed E-state index contributed by atoms with van der Waals surface area (Å²) in [6, 6.07) is 6.08. The van der Waals surface area contributed by atoms with Crippen molar-refractivity contribution in [2.75, 3.05) is 0 Å². The topological polar surface area (TPSA) is 0 Å². The number of alkyl halides is 1. The standard InChI is InChI=1S/C9H5Cl2IS/c10-4-6-3-5-1-2-7(11)8(12)9(5)13-6/h1-3H,4H2. The maximum atomic E-state index is 6.01. The van der Waals surface area contributed by atoms with Gasteiger partial charge in [-0.2, -0.15) is 0 Å². The molecule has 1 aromatic carbocycles. The highest BCUT2D eigenvalue weighted by Gasteiger charge is 2.06. The average molecular weight is 343 g/mol. The van der Waals surface area contributed by atoms with E-state index in [9.17, 15) is 0 Å². The molecule has 0 unspecified atom stereocenters. The van der Waals surface area contributed by atoms with E-state index in [-0.39, 0.29) is 0 Å². The Morgan fingerprint density at radius 3 is 2.85 bits per heavy atom. The minimum absolute atomic E-state index is 0.576. The van der Waals surface area contributed by atoms with Gasteiger partial charge in [0.25, 0.3) is 0 Å². The fourth-order valence-corrected chi connectivity index (χ4v) is 3.39. The van der Waals surface area contributed by atoms with E-state index < -0.39 is 0 Å². The number of hydrogen-bond donors (Lipinski definition) is 0.